The number of rotatable bonds is 5. The van der Waals surface area contributed by atoms with E-state index >= 15 is 0 Å². The highest BCUT2D eigenvalue weighted by Crippen LogP contribution is 2.44. The Kier molecular flexibility index (Phi) is 5.04. The third-order valence-electron chi connectivity index (χ3n) is 4.89. The molecule has 1 heterocycles. The molecule has 0 aromatic heterocycles. The van der Waals surface area contributed by atoms with Crippen LogP contribution < -0.4 is 5.32 Å². The van der Waals surface area contributed by atoms with Crippen LogP contribution in [0.25, 0.3) is 0 Å². The molecule has 1 aliphatic carbocycles. The van der Waals surface area contributed by atoms with E-state index in [9.17, 15) is 10.1 Å². The van der Waals surface area contributed by atoms with Crippen molar-refractivity contribution in [3.05, 3.63) is 0 Å². The summed E-state index contributed by atoms with van der Waals surface area (Å²) in [6.07, 6.45) is 6.36. The van der Waals surface area contributed by atoms with Gasteiger partial charge in [-0.3, -0.25) is 4.79 Å². The minimum Gasteiger partial charge on any atom is -0.355 e. The first kappa shape index (κ1) is 15.3. The average Bonchev–Trinajstić information content (AvgIpc) is 2.41. The molecule has 0 aromatic rings. The van der Waals surface area contributed by atoms with Crippen LogP contribution >= 0.6 is 0 Å². The normalized spacial score (nSPS) is 34.0. The van der Waals surface area contributed by atoms with Gasteiger partial charge in [-0.15, -0.1) is 0 Å². The molecule has 1 amide bonds. The maximum absolute atomic E-state index is 12.1. The molecule has 2 rings (SSSR count). The van der Waals surface area contributed by atoms with Crippen molar-refractivity contribution in [3.63, 3.8) is 0 Å². The predicted molar refractivity (Wildman–Crippen MR) is 79.0 cm³/mol. The fourth-order valence-electron chi connectivity index (χ4n) is 3.60. The number of hydrogen-bond donors (Lipinski definition) is 1. The molecule has 1 atom stereocenters. The quantitative estimate of drug-likeness (QED) is 0.785. The summed E-state index contributed by atoms with van der Waals surface area (Å²) in [7, 11) is 0. The van der Waals surface area contributed by atoms with Crippen molar-refractivity contribution in [3.8, 4) is 6.07 Å². The zero-order valence-electron chi connectivity index (χ0n) is 12.8. The summed E-state index contributed by atoms with van der Waals surface area (Å²) < 4.78 is 0. The summed E-state index contributed by atoms with van der Waals surface area (Å²) in [5.74, 6) is 0.458. The molecule has 0 radical (unpaired) electrons. The van der Waals surface area contributed by atoms with Gasteiger partial charge in [0.25, 0.3) is 0 Å². The zero-order chi connectivity index (χ0) is 14.6. The molecule has 0 spiro atoms. The van der Waals surface area contributed by atoms with Gasteiger partial charge in [0.15, 0.2) is 0 Å². The summed E-state index contributed by atoms with van der Waals surface area (Å²) >= 11 is 0. The van der Waals surface area contributed by atoms with Crippen LogP contribution in [0.1, 0.15) is 52.4 Å². The predicted octanol–water partition coefficient (Wildman–Crippen LogP) is 2.31. The number of nitrogens with one attached hydrogen (secondary N) is 1. The smallest absolute Gasteiger partial charge is 0.240 e. The topological polar surface area (TPSA) is 56.1 Å². The monoisotopic (exact) mass is 277 g/mol. The van der Waals surface area contributed by atoms with Gasteiger partial charge in [-0.05, 0) is 51.5 Å². The van der Waals surface area contributed by atoms with Crippen LogP contribution in [0.4, 0.5) is 0 Å². The van der Waals surface area contributed by atoms with E-state index in [1.807, 2.05) is 0 Å². The first-order valence-corrected chi connectivity index (χ1v) is 8.01. The molecule has 0 aromatic carbocycles. The molecule has 1 N–H and O–H groups in total. The van der Waals surface area contributed by atoms with Crippen molar-refractivity contribution in [2.75, 3.05) is 19.6 Å². The maximum Gasteiger partial charge on any atom is 0.240 e. The third kappa shape index (κ3) is 3.32. The SMILES string of the molecule is CC1CC(C#N)(C(=O)NCCCN2CCCCC2C)C1. The molecule has 1 unspecified atom stereocenters. The summed E-state index contributed by atoms with van der Waals surface area (Å²) in [6.45, 7) is 7.32. The Morgan fingerprint density at radius 3 is 2.75 bits per heavy atom. The molecule has 2 aliphatic rings. The fourth-order valence-corrected chi connectivity index (χ4v) is 3.60. The second kappa shape index (κ2) is 6.58. The third-order valence-corrected chi connectivity index (χ3v) is 4.89. The minimum absolute atomic E-state index is 0.0511. The first-order chi connectivity index (χ1) is 9.57. The van der Waals surface area contributed by atoms with E-state index in [1.54, 1.807) is 0 Å². The van der Waals surface area contributed by atoms with Gasteiger partial charge in [-0.2, -0.15) is 5.26 Å². The van der Waals surface area contributed by atoms with Gasteiger partial charge in [-0.25, -0.2) is 0 Å². The van der Waals surface area contributed by atoms with Crippen LogP contribution in [0.2, 0.25) is 0 Å². The summed E-state index contributed by atoms with van der Waals surface area (Å²) in [5, 5.41) is 12.2. The molecule has 20 heavy (non-hydrogen) atoms. The number of carbonyl (C=O) groups excluding carboxylic acids is 1. The number of amides is 1. The van der Waals surface area contributed by atoms with Crippen molar-refractivity contribution in [2.24, 2.45) is 11.3 Å². The molecule has 1 aliphatic heterocycles. The van der Waals surface area contributed by atoms with Gasteiger partial charge in [0.2, 0.25) is 5.91 Å². The summed E-state index contributed by atoms with van der Waals surface area (Å²) in [4.78, 5) is 14.6. The Balaban J connectivity index is 1.66. The van der Waals surface area contributed by atoms with Crippen molar-refractivity contribution in [2.45, 2.75) is 58.4 Å². The van der Waals surface area contributed by atoms with Gasteiger partial charge >= 0.3 is 0 Å². The lowest BCUT2D eigenvalue weighted by Gasteiger charge is -2.39. The molecule has 112 valence electrons. The standard InChI is InChI=1S/C16H27N3O/c1-13-10-16(11-13,12-17)15(20)18-7-5-9-19-8-4-3-6-14(19)2/h13-14H,3-11H2,1-2H3,(H,18,20). The zero-order valence-corrected chi connectivity index (χ0v) is 12.8. The summed E-state index contributed by atoms with van der Waals surface area (Å²) in [5.41, 5.74) is -0.724. The molecule has 4 nitrogen and oxygen atoms in total. The van der Waals surface area contributed by atoms with Crippen LogP contribution in [0.5, 0.6) is 0 Å². The number of hydrogen-bond acceptors (Lipinski definition) is 3. The van der Waals surface area contributed by atoms with Gasteiger partial charge in [-0.1, -0.05) is 13.3 Å². The molecule has 1 saturated carbocycles. The van der Waals surface area contributed by atoms with Crippen molar-refractivity contribution in [1.82, 2.24) is 10.2 Å². The lowest BCUT2D eigenvalue weighted by molar-refractivity contribution is -0.133. The van der Waals surface area contributed by atoms with E-state index in [2.05, 4.69) is 30.1 Å². The Hall–Kier alpha value is -1.08. The molecule has 1 saturated heterocycles. The van der Waals surface area contributed by atoms with Crippen LogP contribution in [-0.4, -0.2) is 36.5 Å². The maximum atomic E-state index is 12.1. The van der Waals surface area contributed by atoms with E-state index in [0.29, 0.717) is 18.5 Å². The highest BCUT2D eigenvalue weighted by atomic mass is 16.2. The molecular formula is C16H27N3O. The second-order valence-electron chi connectivity index (χ2n) is 6.70. The van der Waals surface area contributed by atoms with E-state index in [0.717, 1.165) is 25.8 Å². The van der Waals surface area contributed by atoms with Crippen LogP contribution in [-0.2, 0) is 4.79 Å². The number of carbonyl (C=O) groups is 1. The van der Waals surface area contributed by atoms with Gasteiger partial charge in [0.05, 0.1) is 6.07 Å². The van der Waals surface area contributed by atoms with Crippen LogP contribution in [0.3, 0.4) is 0 Å². The first-order valence-electron chi connectivity index (χ1n) is 8.01. The molecule has 0 bridgehead atoms. The Bertz CT molecular complexity index is 382. The number of likely N-dealkylation sites (tertiary alicyclic amines) is 1. The number of nitriles is 1. The van der Waals surface area contributed by atoms with E-state index in [-0.39, 0.29) is 5.91 Å². The van der Waals surface area contributed by atoms with Crippen molar-refractivity contribution >= 4 is 5.91 Å². The lowest BCUT2D eigenvalue weighted by atomic mass is 9.63. The van der Waals surface area contributed by atoms with Gasteiger partial charge in [0.1, 0.15) is 5.41 Å². The van der Waals surface area contributed by atoms with E-state index in [1.165, 1.54) is 25.8 Å². The summed E-state index contributed by atoms with van der Waals surface area (Å²) in [6, 6.07) is 2.90. The van der Waals surface area contributed by atoms with Crippen LogP contribution in [0.15, 0.2) is 0 Å². The lowest BCUT2D eigenvalue weighted by Crippen LogP contribution is -2.48. The van der Waals surface area contributed by atoms with Crippen molar-refractivity contribution in [1.29, 1.82) is 5.26 Å². The number of nitrogens with zero attached hydrogens (tertiary/aromatic N) is 2. The molecule has 4 heteroatoms. The minimum atomic E-state index is -0.724. The molecular weight excluding hydrogens is 250 g/mol. The number of piperidine rings is 1. The van der Waals surface area contributed by atoms with Crippen LogP contribution in [0, 0.1) is 22.7 Å². The van der Waals surface area contributed by atoms with E-state index < -0.39 is 5.41 Å². The van der Waals surface area contributed by atoms with Gasteiger partial charge < -0.3 is 10.2 Å². The Morgan fingerprint density at radius 2 is 2.15 bits per heavy atom. The van der Waals surface area contributed by atoms with Gasteiger partial charge in [0, 0.05) is 19.1 Å². The van der Waals surface area contributed by atoms with Crippen molar-refractivity contribution < 1.29 is 4.79 Å². The largest absolute Gasteiger partial charge is 0.355 e. The highest BCUT2D eigenvalue weighted by molar-refractivity contribution is 5.86. The fraction of sp³-hybridized carbons (Fsp3) is 0.875. The molecule has 2 fully saturated rings. The second-order valence-corrected chi connectivity index (χ2v) is 6.70. The Labute approximate surface area is 122 Å². The highest BCUT2D eigenvalue weighted by Gasteiger charge is 2.48. The Morgan fingerprint density at radius 1 is 1.40 bits per heavy atom. The average molecular weight is 277 g/mol. The van der Waals surface area contributed by atoms with E-state index in [4.69, 9.17) is 0 Å².